The first-order chi connectivity index (χ1) is 7.45. The molecule has 84 valence electrons. The van der Waals surface area contributed by atoms with Gasteiger partial charge in [0.05, 0.1) is 10.5 Å². The molecule has 1 aromatic carbocycles. The molecule has 1 aromatic rings. The number of halogens is 1. The highest BCUT2D eigenvalue weighted by atomic mass is 19.1. The topological polar surface area (TPSA) is 89.3 Å². The predicted octanol–water partition coefficient (Wildman–Crippen LogP) is 1.50. The van der Waals surface area contributed by atoms with Gasteiger partial charge in [-0.1, -0.05) is 0 Å². The zero-order valence-electron chi connectivity index (χ0n) is 8.19. The minimum Gasteiger partial charge on any atom is -0.321 e. The maximum absolute atomic E-state index is 13.1. The number of benzene rings is 1. The molecule has 0 spiro atoms. The van der Waals surface area contributed by atoms with E-state index < -0.39 is 27.9 Å². The molecule has 0 fully saturated rings. The summed E-state index contributed by atoms with van der Waals surface area (Å²) in [5.74, 6) is -1.49. The largest absolute Gasteiger partial charge is 0.321 e. The molecule has 1 amide bonds. The summed E-state index contributed by atoms with van der Waals surface area (Å²) in [5, 5.41) is 12.7. The number of amides is 1. The molecule has 0 bridgehead atoms. The van der Waals surface area contributed by atoms with E-state index in [9.17, 15) is 24.1 Å². The fourth-order valence-corrected chi connectivity index (χ4v) is 1.11. The summed E-state index contributed by atoms with van der Waals surface area (Å²) < 4.78 is 13.1. The van der Waals surface area contributed by atoms with E-state index in [1.807, 2.05) is 0 Å². The van der Waals surface area contributed by atoms with Crippen LogP contribution in [0.1, 0.15) is 17.3 Å². The molecule has 0 radical (unpaired) electrons. The van der Waals surface area contributed by atoms with Crippen molar-refractivity contribution >= 4 is 23.6 Å². The van der Waals surface area contributed by atoms with Gasteiger partial charge in [0, 0.05) is 19.1 Å². The van der Waals surface area contributed by atoms with E-state index >= 15 is 0 Å². The first kappa shape index (κ1) is 11.8. The normalized spacial score (nSPS) is 9.62. The van der Waals surface area contributed by atoms with Crippen LogP contribution in [0.3, 0.4) is 0 Å². The van der Waals surface area contributed by atoms with Crippen LogP contribution < -0.4 is 5.32 Å². The Labute approximate surface area is 89.2 Å². The van der Waals surface area contributed by atoms with E-state index in [2.05, 4.69) is 5.32 Å². The molecule has 6 nitrogen and oxygen atoms in total. The second kappa shape index (κ2) is 4.47. The number of hydrogen-bond acceptors (Lipinski definition) is 4. The molecule has 0 heterocycles. The van der Waals surface area contributed by atoms with Crippen molar-refractivity contribution in [2.75, 3.05) is 5.32 Å². The van der Waals surface area contributed by atoms with E-state index in [0.717, 1.165) is 19.1 Å². The zero-order valence-corrected chi connectivity index (χ0v) is 8.19. The van der Waals surface area contributed by atoms with Gasteiger partial charge in [0.25, 0.3) is 5.69 Å². The van der Waals surface area contributed by atoms with Gasteiger partial charge in [-0.15, -0.1) is 0 Å². The number of rotatable bonds is 3. The summed E-state index contributed by atoms with van der Waals surface area (Å²) in [6.07, 6.45) is 0.167. The second-order valence-corrected chi connectivity index (χ2v) is 2.95. The fraction of sp³-hybridized carbons (Fsp3) is 0.111. The Kier molecular flexibility index (Phi) is 3.29. The SMILES string of the molecule is CC(=O)Nc1cc(F)c(C=O)cc1[N+](=O)[O-]. The number of hydrogen-bond donors (Lipinski definition) is 1. The van der Waals surface area contributed by atoms with Crippen molar-refractivity contribution in [3.05, 3.63) is 33.6 Å². The van der Waals surface area contributed by atoms with Crippen molar-refractivity contribution in [1.29, 1.82) is 0 Å². The highest BCUT2D eigenvalue weighted by molar-refractivity contribution is 5.92. The number of aldehydes is 1. The number of carbonyl (C=O) groups is 2. The molecule has 0 atom stereocenters. The fourth-order valence-electron chi connectivity index (χ4n) is 1.11. The van der Waals surface area contributed by atoms with Crippen LogP contribution in [-0.2, 0) is 4.79 Å². The van der Waals surface area contributed by atoms with Crippen LogP contribution in [0.5, 0.6) is 0 Å². The minimum atomic E-state index is -0.927. The third kappa shape index (κ3) is 2.38. The summed E-state index contributed by atoms with van der Waals surface area (Å²) in [6.45, 7) is 1.13. The summed E-state index contributed by atoms with van der Waals surface area (Å²) in [4.78, 5) is 30.9. The predicted molar refractivity (Wildman–Crippen MR) is 52.7 cm³/mol. The third-order valence-corrected chi connectivity index (χ3v) is 1.75. The van der Waals surface area contributed by atoms with Crippen molar-refractivity contribution in [1.82, 2.24) is 0 Å². The Morgan fingerprint density at radius 1 is 1.56 bits per heavy atom. The van der Waals surface area contributed by atoms with Gasteiger partial charge in [0.2, 0.25) is 5.91 Å². The summed E-state index contributed by atoms with van der Waals surface area (Å²) in [7, 11) is 0. The monoisotopic (exact) mass is 226 g/mol. The third-order valence-electron chi connectivity index (χ3n) is 1.75. The van der Waals surface area contributed by atoms with Crippen LogP contribution in [0.15, 0.2) is 12.1 Å². The molecule has 0 unspecified atom stereocenters. The van der Waals surface area contributed by atoms with Crippen LogP contribution in [0.25, 0.3) is 0 Å². The Morgan fingerprint density at radius 2 is 2.19 bits per heavy atom. The highest BCUT2D eigenvalue weighted by Crippen LogP contribution is 2.27. The molecule has 7 heteroatoms. The Balaban J connectivity index is 3.35. The van der Waals surface area contributed by atoms with Gasteiger partial charge < -0.3 is 5.32 Å². The second-order valence-electron chi connectivity index (χ2n) is 2.95. The molecule has 1 rings (SSSR count). The quantitative estimate of drug-likeness (QED) is 0.480. The van der Waals surface area contributed by atoms with E-state index in [-0.39, 0.29) is 12.0 Å². The van der Waals surface area contributed by atoms with Gasteiger partial charge in [-0.2, -0.15) is 0 Å². The van der Waals surface area contributed by atoms with Gasteiger partial charge in [-0.3, -0.25) is 19.7 Å². The summed E-state index contributed by atoms with van der Waals surface area (Å²) in [5.41, 5.74) is -1.24. The van der Waals surface area contributed by atoms with E-state index in [4.69, 9.17) is 0 Å². The molecule has 1 N–H and O–H groups in total. The lowest BCUT2D eigenvalue weighted by Gasteiger charge is -2.04. The molecular formula is C9H7FN2O4. The van der Waals surface area contributed by atoms with Crippen LogP contribution in [0.2, 0.25) is 0 Å². The van der Waals surface area contributed by atoms with Crippen LogP contribution in [0.4, 0.5) is 15.8 Å². The highest BCUT2D eigenvalue weighted by Gasteiger charge is 2.18. The van der Waals surface area contributed by atoms with E-state index in [1.165, 1.54) is 0 Å². The molecule has 0 aliphatic heterocycles. The van der Waals surface area contributed by atoms with Gasteiger partial charge in [-0.05, 0) is 0 Å². The lowest BCUT2D eigenvalue weighted by molar-refractivity contribution is -0.384. The summed E-state index contributed by atoms with van der Waals surface area (Å²) >= 11 is 0. The van der Waals surface area contributed by atoms with Crippen molar-refractivity contribution in [3.8, 4) is 0 Å². The number of nitrogens with one attached hydrogen (secondary N) is 1. The zero-order chi connectivity index (χ0) is 12.3. The van der Waals surface area contributed by atoms with E-state index in [0.29, 0.717) is 0 Å². The number of nitro benzene ring substituents is 1. The van der Waals surface area contributed by atoms with Crippen LogP contribution >= 0.6 is 0 Å². The van der Waals surface area contributed by atoms with Crippen LogP contribution in [-0.4, -0.2) is 17.1 Å². The van der Waals surface area contributed by atoms with Gasteiger partial charge >= 0.3 is 0 Å². The van der Waals surface area contributed by atoms with Crippen molar-refractivity contribution in [2.45, 2.75) is 6.92 Å². The molecule has 16 heavy (non-hydrogen) atoms. The Bertz CT molecular complexity index is 473. The molecular weight excluding hydrogens is 219 g/mol. The maximum atomic E-state index is 13.1. The molecule has 0 aromatic heterocycles. The lowest BCUT2D eigenvalue weighted by Crippen LogP contribution is -2.09. The Morgan fingerprint density at radius 3 is 2.62 bits per heavy atom. The number of carbonyl (C=O) groups excluding carboxylic acids is 2. The van der Waals surface area contributed by atoms with Crippen molar-refractivity contribution in [3.63, 3.8) is 0 Å². The van der Waals surface area contributed by atoms with Crippen molar-refractivity contribution < 1.29 is 18.9 Å². The van der Waals surface area contributed by atoms with Gasteiger partial charge in [0.15, 0.2) is 6.29 Å². The van der Waals surface area contributed by atoms with Gasteiger partial charge in [-0.25, -0.2) is 4.39 Å². The Hall–Kier alpha value is -2.31. The average Bonchev–Trinajstić information content (AvgIpc) is 2.16. The molecule has 0 aliphatic rings. The van der Waals surface area contributed by atoms with Crippen molar-refractivity contribution in [2.24, 2.45) is 0 Å². The molecule has 0 aliphatic carbocycles. The van der Waals surface area contributed by atoms with E-state index in [1.54, 1.807) is 0 Å². The molecule has 0 saturated carbocycles. The molecule has 0 saturated heterocycles. The van der Waals surface area contributed by atoms with Gasteiger partial charge in [0.1, 0.15) is 11.5 Å². The smallest absolute Gasteiger partial charge is 0.293 e. The first-order valence-electron chi connectivity index (χ1n) is 4.16. The number of anilines is 1. The lowest BCUT2D eigenvalue weighted by atomic mass is 10.1. The minimum absolute atomic E-state index is 0.167. The maximum Gasteiger partial charge on any atom is 0.293 e. The summed E-state index contributed by atoms with van der Waals surface area (Å²) in [6, 6.07) is 1.51. The average molecular weight is 226 g/mol. The first-order valence-corrected chi connectivity index (χ1v) is 4.16. The number of nitrogens with zero attached hydrogens (tertiary/aromatic N) is 1. The van der Waals surface area contributed by atoms with Crippen LogP contribution in [0, 0.1) is 15.9 Å². The standard InChI is InChI=1S/C9H7FN2O4/c1-5(14)11-8-3-7(10)6(4-13)2-9(8)12(15)16/h2-4H,1H3,(H,11,14). The number of nitro groups is 1.